The number of aldehydes is 1. The van der Waals surface area contributed by atoms with Gasteiger partial charge in [-0.05, 0) is 47.6 Å². The van der Waals surface area contributed by atoms with Crippen LogP contribution in [-0.2, 0) is 11.8 Å². The van der Waals surface area contributed by atoms with E-state index >= 15 is 0 Å². The summed E-state index contributed by atoms with van der Waals surface area (Å²) in [5, 5.41) is 0. The van der Waals surface area contributed by atoms with E-state index in [0.717, 1.165) is 6.29 Å². The maximum atomic E-state index is 10.8. The van der Waals surface area contributed by atoms with Crippen molar-refractivity contribution in [2.75, 3.05) is 0 Å². The molecule has 0 spiro atoms. The fourth-order valence-electron chi connectivity index (χ4n) is 2.43. The summed E-state index contributed by atoms with van der Waals surface area (Å²) in [6, 6.07) is 6.11. The van der Waals surface area contributed by atoms with E-state index in [2.05, 4.69) is 56.7 Å². The molecule has 1 aromatic carbocycles. The van der Waals surface area contributed by atoms with Crippen LogP contribution in [0.2, 0.25) is 0 Å². The van der Waals surface area contributed by atoms with E-state index in [1.54, 1.807) is 12.3 Å². The number of carbonyl (C=O) groups excluding carboxylic acids is 1. The molecule has 0 saturated carbocycles. The predicted molar refractivity (Wildman–Crippen MR) is 84.8 cm³/mol. The zero-order chi connectivity index (χ0) is 15.6. The predicted octanol–water partition coefficient (Wildman–Crippen LogP) is 3.79. The van der Waals surface area contributed by atoms with Gasteiger partial charge in [-0.2, -0.15) is 0 Å². The molecule has 0 N–H and O–H groups in total. The summed E-state index contributed by atoms with van der Waals surface area (Å²) in [5.74, 6) is 0.689. The normalized spacial score (nSPS) is 11.5. The van der Waals surface area contributed by atoms with Crippen LogP contribution in [0, 0.1) is 13.8 Å². The summed E-state index contributed by atoms with van der Waals surface area (Å²) < 4.78 is 0. The molecule has 0 unspecified atom stereocenters. The van der Waals surface area contributed by atoms with Crippen molar-refractivity contribution in [2.45, 2.75) is 46.5 Å². The lowest BCUT2D eigenvalue weighted by molar-refractivity contribution is 0.111. The van der Waals surface area contributed by atoms with Crippen molar-refractivity contribution in [3.05, 3.63) is 58.2 Å². The molecule has 3 heteroatoms. The fraction of sp³-hybridized carbons (Fsp3) is 0.389. The molecule has 110 valence electrons. The van der Waals surface area contributed by atoms with Crippen LogP contribution in [0.5, 0.6) is 0 Å². The van der Waals surface area contributed by atoms with Gasteiger partial charge in [-0.15, -0.1) is 0 Å². The highest BCUT2D eigenvalue weighted by molar-refractivity contribution is 5.71. The van der Waals surface area contributed by atoms with Gasteiger partial charge in [0.25, 0.3) is 0 Å². The van der Waals surface area contributed by atoms with Gasteiger partial charge in [0.15, 0.2) is 6.29 Å². The zero-order valence-corrected chi connectivity index (χ0v) is 13.4. The number of aryl methyl sites for hydroxylation is 2. The van der Waals surface area contributed by atoms with E-state index in [0.29, 0.717) is 17.9 Å². The fourth-order valence-corrected chi connectivity index (χ4v) is 2.43. The maximum Gasteiger partial charge on any atom is 0.168 e. The third-order valence-electron chi connectivity index (χ3n) is 3.74. The molecule has 0 aliphatic carbocycles. The van der Waals surface area contributed by atoms with E-state index in [9.17, 15) is 4.79 Å². The van der Waals surface area contributed by atoms with Crippen LogP contribution in [0.4, 0.5) is 0 Å². The minimum absolute atomic E-state index is 0.141. The first kappa shape index (κ1) is 15.4. The molecular weight excluding hydrogens is 260 g/mol. The lowest BCUT2D eigenvalue weighted by Crippen LogP contribution is -2.13. The Morgan fingerprint density at radius 3 is 2.29 bits per heavy atom. The Bertz CT molecular complexity index is 646. The van der Waals surface area contributed by atoms with Gasteiger partial charge in [-0.1, -0.05) is 32.9 Å². The van der Waals surface area contributed by atoms with Gasteiger partial charge in [-0.25, -0.2) is 9.97 Å². The summed E-state index contributed by atoms with van der Waals surface area (Å²) in [5.41, 5.74) is 5.65. The van der Waals surface area contributed by atoms with E-state index in [1.807, 2.05) is 0 Å². The van der Waals surface area contributed by atoms with E-state index < -0.39 is 0 Å². The highest BCUT2D eigenvalue weighted by Crippen LogP contribution is 2.27. The monoisotopic (exact) mass is 282 g/mol. The SMILES string of the molecule is Cc1cc(C(C)(C)C)cc(C)c1Cc1nccc(C=O)n1. The molecule has 1 aromatic heterocycles. The van der Waals surface area contributed by atoms with Crippen LogP contribution in [0.3, 0.4) is 0 Å². The maximum absolute atomic E-state index is 10.8. The van der Waals surface area contributed by atoms with Crippen LogP contribution in [0.1, 0.15) is 59.3 Å². The zero-order valence-electron chi connectivity index (χ0n) is 13.4. The molecule has 2 aromatic rings. The Balaban J connectivity index is 2.38. The van der Waals surface area contributed by atoms with Gasteiger partial charge in [0.05, 0.1) is 0 Å². The molecule has 0 aliphatic rings. The topological polar surface area (TPSA) is 42.9 Å². The van der Waals surface area contributed by atoms with Crippen LogP contribution >= 0.6 is 0 Å². The minimum Gasteiger partial charge on any atom is -0.296 e. The van der Waals surface area contributed by atoms with Crippen molar-refractivity contribution in [2.24, 2.45) is 0 Å². The first-order valence-electron chi connectivity index (χ1n) is 7.19. The summed E-state index contributed by atoms with van der Waals surface area (Å²) >= 11 is 0. The van der Waals surface area contributed by atoms with E-state index in [4.69, 9.17) is 0 Å². The number of nitrogens with zero attached hydrogens (tertiary/aromatic N) is 2. The molecule has 21 heavy (non-hydrogen) atoms. The Morgan fingerprint density at radius 2 is 1.76 bits per heavy atom. The van der Waals surface area contributed by atoms with Gasteiger partial charge in [0, 0.05) is 12.6 Å². The molecule has 0 atom stereocenters. The quantitative estimate of drug-likeness (QED) is 0.804. The highest BCUT2D eigenvalue weighted by atomic mass is 16.1. The first-order valence-corrected chi connectivity index (χ1v) is 7.19. The average molecular weight is 282 g/mol. The van der Waals surface area contributed by atoms with Crippen LogP contribution in [0.25, 0.3) is 0 Å². The number of hydrogen-bond acceptors (Lipinski definition) is 3. The second-order valence-electron chi connectivity index (χ2n) is 6.53. The number of aromatic nitrogens is 2. The van der Waals surface area contributed by atoms with Gasteiger partial charge in [0.1, 0.15) is 11.5 Å². The molecule has 0 aliphatic heterocycles. The molecule has 0 saturated heterocycles. The molecule has 0 amide bonds. The van der Waals surface area contributed by atoms with E-state index in [-0.39, 0.29) is 5.41 Å². The smallest absolute Gasteiger partial charge is 0.168 e. The largest absolute Gasteiger partial charge is 0.296 e. The lowest BCUT2D eigenvalue weighted by Gasteiger charge is -2.22. The number of rotatable bonds is 3. The standard InChI is InChI=1S/C18H22N2O/c1-12-8-14(18(3,4)5)9-13(2)16(12)10-17-19-7-6-15(11-21)20-17/h6-9,11H,10H2,1-5H3. The van der Waals surface area contributed by atoms with Crippen molar-refractivity contribution in [1.82, 2.24) is 9.97 Å². The third kappa shape index (κ3) is 3.54. The molecule has 2 rings (SSSR count). The van der Waals surface area contributed by atoms with Gasteiger partial charge in [-0.3, -0.25) is 4.79 Å². The van der Waals surface area contributed by atoms with Crippen LogP contribution in [-0.4, -0.2) is 16.3 Å². The molecule has 1 heterocycles. The van der Waals surface area contributed by atoms with Crippen molar-refractivity contribution >= 4 is 6.29 Å². The Morgan fingerprint density at radius 1 is 1.14 bits per heavy atom. The van der Waals surface area contributed by atoms with Crippen molar-refractivity contribution < 1.29 is 4.79 Å². The Labute approximate surface area is 126 Å². The van der Waals surface area contributed by atoms with Gasteiger partial charge in [0.2, 0.25) is 0 Å². The molecular formula is C18H22N2O. The number of benzene rings is 1. The van der Waals surface area contributed by atoms with Gasteiger partial charge < -0.3 is 0 Å². The second-order valence-corrected chi connectivity index (χ2v) is 6.53. The van der Waals surface area contributed by atoms with Crippen molar-refractivity contribution in [3.8, 4) is 0 Å². The summed E-state index contributed by atoms with van der Waals surface area (Å²) in [6.07, 6.45) is 3.05. The summed E-state index contributed by atoms with van der Waals surface area (Å²) in [7, 11) is 0. The summed E-state index contributed by atoms with van der Waals surface area (Å²) in [6.45, 7) is 10.9. The van der Waals surface area contributed by atoms with E-state index in [1.165, 1.54) is 22.3 Å². The summed E-state index contributed by atoms with van der Waals surface area (Å²) in [4.78, 5) is 19.3. The van der Waals surface area contributed by atoms with Crippen molar-refractivity contribution in [3.63, 3.8) is 0 Å². The lowest BCUT2D eigenvalue weighted by atomic mass is 9.83. The van der Waals surface area contributed by atoms with Gasteiger partial charge >= 0.3 is 0 Å². The highest BCUT2D eigenvalue weighted by Gasteiger charge is 2.16. The third-order valence-corrected chi connectivity index (χ3v) is 3.74. The average Bonchev–Trinajstić information content (AvgIpc) is 2.42. The molecule has 0 radical (unpaired) electrons. The molecule has 0 fully saturated rings. The molecule has 3 nitrogen and oxygen atoms in total. The first-order chi connectivity index (χ1) is 9.81. The number of carbonyl (C=O) groups is 1. The Kier molecular flexibility index (Phi) is 4.21. The minimum atomic E-state index is 0.141. The molecule has 0 bridgehead atoms. The van der Waals surface area contributed by atoms with Crippen LogP contribution < -0.4 is 0 Å². The Hall–Kier alpha value is -2.03. The second kappa shape index (κ2) is 5.76. The number of hydrogen-bond donors (Lipinski definition) is 0. The van der Waals surface area contributed by atoms with Crippen LogP contribution in [0.15, 0.2) is 24.4 Å². The van der Waals surface area contributed by atoms with Crippen molar-refractivity contribution in [1.29, 1.82) is 0 Å².